The van der Waals surface area contributed by atoms with Gasteiger partial charge in [0.05, 0.1) is 29.8 Å². The molecule has 0 aliphatic carbocycles. The Balaban J connectivity index is 1.67. The summed E-state index contributed by atoms with van der Waals surface area (Å²) in [5.41, 5.74) is 7.25. The number of carbonyl (C=O) groups is 2. The van der Waals surface area contributed by atoms with Gasteiger partial charge in [0.1, 0.15) is 11.6 Å². The second kappa shape index (κ2) is 9.03. The highest BCUT2D eigenvalue weighted by molar-refractivity contribution is 5.89. The van der Waals surface area contributed by atoms with Crippen molar-refractivity contribution in [3.63, 3.8) is 0 Å². The molecule has 0 saturated carbocycles. The Kier molecular flexibility index (Phi) is 6.26. The van der Waals surface area contributed by atoms with Crippen LogP contribution in [-0.2, 0) is 18.2 Å². The number of aromatic nitrogens is 3. The van der Waals surface area contributed by atoms with Crippen LogP contribution in [0.1, 0.15) is 11.3 Å². The third kappa shape index (κ3) is 5.10. The van der Waals surface area contributed by atoms with Gasteiger partial charge in [-0.15, -0.1) is 0 Å². The number of nitrogens with zero attached hydrogens (tertiary/aromatic N) is 3. The number of primary amides is 1. The van der Waals surface area contributed by atoms with Crippen molar-refractivity contribution in [3.05, 3.63) is 59.7 Å². The van der Waals surface area contributed by atoms with Gasteiger partial charge >= 0.3 is 12.2 Å². The molecular formula is C20H20FN5O4. The van der Waals surface area contributed by atoms with Crippen LogP contribution in [-0.4, -0.2) is 33.6 Å². The van der Waals surface area contributed by atoms with E-state index in [2.05, 4.69) is 15.4 Å². The predicted molar refractivity (Wildman–Crippen MR) is 106 cm³/mol. The van der Waals surface area contributed by atoms with Crippen LogP contribution >= 0.6 is 0 Å². The van der Waals surface area contributed by atoms with Crippen LogP contribution in [0.4, 0.5) is 19.8 Å². The van der Waals surface area contributed by atoms with Crippen molar-refractivity contribution in [1.82, 2.24) is 14.8 Å². The van der Waals surface area contributed by atoms with E-state index >= 15 is 0 Å². The number of nitrogens with one attached hydrogen (secondary N) is 1. The van der Waals surface area contributed by atoms with Gasteiger partial charge in [0, 0.05) is 13.5 Å². The molecule has 1 aromatic carbocycles. The summed E-state index contributed by atoms with van der Waals surface area (Å²) in [7, 11) is 1.66. The molecule has 2 heterocycles. The first-order valence-corrected chi connectivity index (χ1v) is 8.99. The van der Waals surface area contributed by atoms with Gasteiger partial charge in [0.15, 0.2) is 5.75 Å². The van der Waals surface area contributed by atoms with Crippen molar-refractivity contribution in [1.29, 1.82) is 0 Å². The minimum Gasteiger partial charge on any atom is -0.449 e. The zero-order valence-electron chi connectivity index (χ0n) is 16.4. The van der Waals surface area contributed by atoms with E-state index in [1.54, 1.807) is 44.4 Å². The average molecular weight is 413 g/mol. The number of carbonyl (C=O) groups excluding carboxylic acids is 2. The number of anilines is 1. The van der Waals surface area contributed by atoms with Crippen LogP contribution in [0.2, 0.25) is 0 Å². The number of aryl methyl sites for hydroxylation is 2. The summed E-state index contributed by atoms with van der Waals surface area (Å²) in [6, 6.07) is 9.26. The summed E-state index contributed by atoms with van der Waals surface area (Å²) in [5.74, 6) is 0.272. The number of hydrogen-bond acceptors (Lipinski definition) is 6. The Hall–Kier alpha value is -3.95. The highest BCUT2D eigenvalue weighted by atomic mass is 19.1. The molecular weight excluding hydrogens is 393 g/mol. The lowest BCUT2D eigenvalue weighted by Gasteiger charge is -2.10. The maximum Gasteiger partial charge on any atom is 0.412 e. The predicted octanol–water partition coefficient (Wildman–Crippen LogP) is 3.18. The first-order chi connectivity index (χ1) is 14.3. The summed E-state index contributed by atoms with van der Waals surface area (Å²) in [6.07, 6.45) is 0.309. The molecule has 30 heavy (non-hydrogen) atoms. The third-order valence-electron chi connectivity index (χ3n) is 4.20. The molecule has 0 saturated heterocycles. The molecule has 3 N–H and O–H groups in total. The molecule has 9 nitrogen and oxygen atoms in total. The minimum absolute atomic E-state index is 0.0823. The zero-order chi connectivity index (χ0) is 21.7. The van der Waals surface area contributed by atoms with Crippen LogP contribution in [0.5, 0.6) is 5.75 Å². The lowest BCUT2D eigenvalue weighted by atomic mass is 10.2. The highest BCUT2D eigenvalue weighted by Gasteiger charge is 2.17. The van der Waals surface area contributed by atoms with E-state index < -0.39 is 12.2 Å². The maximum absolute atomic E-state index is 13.2. The SMILES string of the molecule is Cc1nc(-c2cnn(C)c2NC(=O)OCCc2cccc(F)c2)ccc1OC(N)=O. The van der Waals surface area contributed by atoms with Crippen LogP contribution in [0.15, 0.2) is 42.6 Å². The fourth-order valence-electron chi connectivity index (χ4n) is 2.77. The van der Waals surface area contributed by atoms with Crippen molar-refractivity contribution >= 4 is 18.0 Å². The lowest BCUT2D eigenvalue weighted by Crippen LogP contribution is -2.18. The monoisotopic (exact) mass is 413 g/mol. The summed E-state index contributed by atoms with van der Waals surface area (Å²) in [6.45, 7) is 1.74. The number of nitrogens with two attached hydrogens (primary N) is 1. The largest absolute Gasteiger partial charge is 0.449 e. The Bertz CT molecular complexity index is 1080. The molecule has 2 aromatic heterocycles. The molecule has 0 fully saturated rings. The van der Waals surface area contributed by atoms with E-state index in [1.807, 2.05) is 0 Å². The number of pyridine rings is 1. The number of amides is 2. The fourth-order valence-corrected chi connectivity index (χ4v) is 2.77. The van der Waals surface area contributed by atoms with E-state index in [0.29, 0.717) is 29.2 Å². The van der Waals surface area contributed by atoms with E-state index in [4.69, 9.17) is 15.2 Å². The average Bonchev–Trinajstić information content (AvgIpc) is 3.03. The van der Waals surface area contributed by atoms with Crippen molar-refractivity contribution < 1.29 is 23.5 Å². The lowest BCUT2D eigenvalue weighted by molar-refractivity contribution is 0.162. The third-order valence-corrected chi connectivity index (χ3v) is 4.20. The minimum atomic E-state index is -0.933. The molecule has 2 amide bonds. The number of hydrogen-bond donors (Lipinski definition) is 2. The van der Waals surface area contributed by atoms with Crippen molar-refractivity contribution in [2.75, 3.05) is 11.9 Å². The molecule has 0 radical (unpaired) electrons. The second-order valence-corrected chi connectivity index (χ2v) is 6.37. The Morgan fingerprint density at radius 1 is 1.27 bits per heavy atom. The van der Waals surface area contributed by atoms with Gasteiger partial charge in [0.25, 0.3) is 0 Å². The molecule has 0 atom stereocenters. The van der Waals surface area contributed by atoms with Crippen molar-refractivity contribution in [3.8, 4) is 17.0 Å². The number of rotatable bonds is 6. The highest BCUT2D eigenvalue weighted by Crippen LogP contribution is 2.28. The van der Waals surface area contributed by atoms with Crippen LogP contribution in [0, 0.1) is 12.7 Å². The van der Waals surface area contributed by atoms with Crippen molar-refractivity contribution in [2.24, 2.45) is 12.8 Å². The Morgan fingerprint density at radius 2 is 2.07 bits per heavy atom. The summed E-state index contributed by atoms with van der Waals surface area (Å²) in [4.78, 5) is 27.5. The molecule has 0 aliphatic heterocycles. The molecule has 0 bridgehead atoms. The van der Waals surface area contributed by atoms with Gasteiger partial charge in [0.2, 0.25) is 0 Å². The summed E-state index contributed by atoms with van der Waals surface area (Å²) in [5, 5.41) is 6.78. The van der Waals surface area contributed by atoms with Gasteiger partial charge in [-0.2, -0.15) is 5.10 Å². The van der Waals surface area contributed by atoms with Gasteiger partial charge < -0.3 is 15.2 Å². The van der Waals surface area contributed by atoms with Gasteiger partial charge in [-0.25, -0.2) is 19.0 Å². The Morgan fingerprint density at radius 3 is 2.77 bits per heavy atom. The normalized spacial score (nSPS) is 10.5. The smallest absolute Gasteiger partial charge is 0.412 e. The standard InChI is InChI=1S/C20H20FN5O4/c1-12-17(30-19(22)27)7-6-16(24-12)15-11-23-26(2)18(15)25-20(28)29-9-8-13-4-3-5-14(21)10-13/h3-7,10-11H,8-9H2,1-2H3,(H2,22,27)(H,25,28). The number of benzene rings is 1. The van der Waals surface area contributed by atoms with E-state index in [9.17, 15) is 14.0 Å². The fraction of sp³-hybridized carbons (Fsp3) is 0.200. The topological polar surface area (TPSA) is 121 Å². The van der Waals surface area contributed by atoms with Gasteiger partial charge in [-0.05, 0) is 36.8 Å². The molecule has 10 heteroatoms. The van der Waals surface area contributed by atoms with Gasteiger partial charge in [-0.3, -0.25) is 10.00 Å². The quantitative estimate of drug-likeness (QED) is 0.640. The zero-order valence-corrected chi connectivity index (χ0v) is 16.4. The van der Waals surface area contributed by atoms with Crippen LogP contribution in [0.25, 0.3) is 11.3 Å². The van der Waals surface area contributed by atoms with Gasteiger partial charge in [-0.1, -0.05) is 12.1 Å². The summed E-state index contributed by atoms with van der Waals surface area (Å²) < 4.78 is 24.7. The molecule has 0 spiro atoms. The molecule has 3 aromatic rings. The summed E-state index contributed by atoms with van der Waals surface area (Å²) >= 11 is 0. The van der Waals surface area contributed by atoms with Crippen LogP contribution in [0.3, 0.4) is 0 Å². The van der Waals surface area contributed by atoms with E-state index in [0.717, 1.165) is 5.56 Å². The van der Waals surface area contributed by atoms with E-state index in [-0.39, 0.29) is 18.2 Å². The van der Waals surface area contributed by atoms with E-state index in [1.165, 1.54) is 16.8 Å². The molecule has 0 unspecified atom stereocenters. The number of halogens is 1. The Labute approximate surface area is 171 Å². The number of ether oxygens (including phenoxy) is 2. The van der Waals surface area contributed by atoms with Crippen molar-refractivity contribution in [2.45, 2.75) is 13.3 Å². The molecule has 156 valence electrons. The molecule has 3 rings (SSSR count). The molecule has 0 aliphatic rings. The maximum atomic E-state index is 13.2. The first kappa shape index (κ1) is 20.8. The second-order valence-electron chi connectivity index (χ2n) is 6.37. The van der Waals surface area contributed by atoms with Crippen LogP contribution < -0.4 is 15.8 Å². The first-order valence-electron chi connectivity index (χ1n) is 8.99.